The van der Waals surface area contributed by atoms with E-state index in [2.05, 4.69) is 9.47 Å². The Labute approximate surface area is 114 Å². The van der Waals surface area contributed by atoms with Gasteiger partial charge < -0.3 is 19.4 Å². The number of carboxylic acids is 1. The van der Waals surface area contributed by atoms with Crippen LogP contribution >= 0.6 is 0 Å². The van der Waals surface area contributed by atoms with Gasteiger partial charge in [-0.3, -0.25) is 9.59 Å². The Morgan fingerprint density at radius 3 is 2.25 bits per heavy atom. The van der Waals surface area contributed by atoms with Gasteiger partial charge in [0.2, 0.25) is 0 Å². The number of hydrogen-bond acceptors (Lipinski definition) is 6. The molecule has 0 aromatic carbocycles. The average Bonchev–Trinajstić information content (AvgIpc) is 3.19. The van der Waals surface area contributed by atoms with Gasteiger partial charge in [-0.05, 0) is 19.3 Å². The van der Waals surface area contributed by atoms with Gasteiger partial charge in [-0.15, -0.1) is 0 Å². The monoisotopic (exact) mass is 293 g/mol. The summed E-state index contributed by atoms with van der Waals surface area (Å²) in [5.74, 6) is -8.92. The van der Waals surface area contributed by atoms with Crippen LogP contribution in [0.4, 0.5) is 8.78 Å². The highest BCUT2D eigenvalue weighted by Crippen LogP contribution is 2.41. The Morgan fingerprint density at radius 1 is 1.25 bits per heavy atom. The maximum Gasteiger partial charge on any atom is 0.323 e. The van der Waals surface area contributed by atoms with Crippen molar-refractivity contribution < 1.29 is 37.7 Å². The summed E-state index contributed by atoms with van der Waals surface area (Å²) in [7, 11) is 1.18. The number of rotatable bonds is 8. The molecule has 1 aliphatic rings. The van der Waals surface area contributed by atoms with Crippen molar-refractivity contribution in [1.82, 2.24) is 0 Å². The Morgan fingerprint density at radius 2 is 1.80 bits per heavy atom. The molecule has 0 heterocycles. The summed E-state index contributed by atoms with van der Waals surface area (Å²) in [6.45, 7) is 0. The van der Waals surface area contributed by atoms with Crippen LogP contribution in [0.5, 0.6) is 0 Å². The Kier molecular flexibility index (Phi) is 5.41. The first kappa shape index (κ1) is 16.3. The van der Waals surface area contributed by atoms with E-state index in [4.69, 9.17) is 0 Å². The van der Waals surface area contributed by atoms with Gasteiger partial charge in [0.05, 0.1) is 7.11 Å². The third-order valence-corrected chi connectivity index (χ3v) is 2.93. The lowest BCUT2D eigenvalue weighted by atomic mass is 10.1. The zero-order valence-corrected chi connectivity index (χ0v) is 10.9. The van der Waals surface area contributed by atoms with Gasteiger partial charge in [0.1, 0.15) is 5.97 Å². The smallest absolute Gasteiger partial charge is 0.323 e. The molecule has 114 valence electrons. The number of esters is 2. The van der Waals surface area contributed by atoms with Gasteiger partial charge in [-0.1, -0.05) is 0 Å². The Balaban J connectivity index is 2.48. The van der Waals surface area contributed by atoms with Crippen LogP contribution in [0.2, 0.25) is 0 Å². The molecule has 6 nitrogen and oxygen atoms in total. The number of hydrogen-bond donors (Lipinski definition) is 0. The van der Waals surface area contributed by atoms with E-state index in [9.17, 15) is 28.3 Å². The predicted octanol–water partition coefficient (Wildman–Crippen LogP) is 0.0367. The Bertz CT molecular complexity index is 391. The number of aliphatic carboxylic acids is 1. The lowest BCUT2D eigenvalue weighted by Crippen LogP contribution is -2.52. The number of methoxy groups -OCH3 is 1. The first-order valence-electron chi connectivity index (χ1n) is 6.14. The third-order valence-electron chi connectivity index (χ3n) is 2.93. The van der Waals surface area contributed by atoms with Crippen LogP contribution in [-0.2, 0) is 23.9 Å². The van der Waals surface area contributed by atoms with Crippen molar-refractivity contribution in [3.8, 4) is 0 Å². The van der Waals surface area contributed by atoms with Crippen molar-refractivity contribution in [2.24, 2.45) is 5.92 Å². The molecule has 1 aliphatic carbocycles. The summed E-state index contributed by atoms with van der Waals surface area (Å²) in [4.78, 5) is 32.6. The van der Waals surface area contributed by atoms with Crippen molar-refractivity contribution in [1.29, 1.82) is 0 Å². The third kappa shape index (κ3) is 4.43. The number of carbonyl (C=O) groups is 3. The lowest BCUT2D eigenvalue weighted by Gasteiger charge is -2.27. The van der Waals surface area contributed by atoms with E-state index in [1.165, 1.54) is 7.11 Å². The minimum Gasteiger partial charge on any atom is -0.544 e. The number of halogens is 2. The van der Waals surface area contributed by atoms with E-state index < -0.39 is 35.9 Å². The second-order valence-corrected chi connectivity index (χ2v) is 4.59. The molecule has 0 bridgehead atoms. The normalized spacial score (nSPS) is 16.4. The maximum absolute atomic E-state index is 13.4. The molecule has 0 spiro atoms. The van der Waals surface area contributed by atoms with Crippen LogP contribution in [-0.4, -0.2) is 37.0 Å². The van der Waals surface area contributed by atoms with Gasteiger partial charge in [-0.2, -0.15) is 8.78 Å². The molecule has 1 atom stereocenters. The summed E-state index contributed by atoms with van der Waals surface area (Å²) >= 11 is 0. The molecule has 0 N–H and O–H groups in total. The summed E-state index contributed by atoms with van der Waals surface area (Å²) in [5.41, 5.74) is 0. The van der Waals surface area contributed by atoms with E-state index in [1.807, 2.05) is 0 Å². The van der Waals surface area contributed by atoms with Crippen molar-refractivity contribution >= 4 is 17.9 Å². The van der Waals surface area contributed by atoms with Crippen molar-refractivity contribution in [3.63, 3.8) is 0 Å². The second kappa shape index (κ2) is 6.62. The lowest BCUT2D eigenvalue weighted by molar-refractivity contribution is -0.337. The quantitative estimate of drug-likeness (QED) is 0.586. The molecule has 1 unspecified atom stereocenters. The van der Waals surface area contributed by atoms with Crippen molar-refractivity contribution in [2.45, 2.75) is 44.1 Å². The highest BCUT2D eigenvalue weighted by Gasteiger charge is 2.52. The standard InChI is InChI=1S/C12H16F2O6/c1-19-8(15)3-2-4-9(16)20-10(7-5-6-7)12(13,14)11(17)18/h7,10H,2-6H2,1H3,(H,17,18)/p-1. The summed E-state index contributed by atoms with van der Waals surface area (Å²) < 4.78 is 35.6. The van der Waals surface area contributed by atoms with Gasteiger partial charge >= 0.3 is 17.9 Å². The van der Waals surface area contributed by atoms with E-state index in [0.29, 0.717) is 12.8 Å². The average molecular weight is 293 g/mol. The highest BCUT2D eigenvalue weighted by molar-refractivity contribution is 5.76. The Hall–Kier alpha value is -1.73. The molecule has 0 radical (unpaired) electrons. The van der Waals surface area contributed by atoms with Crippen LogP contribution in [0.3, 0.4) is 0 Å². The summed E-state index contributed by atoms with van der Waals surface area (Å²) in [6, 6.07) is 0. The molecular weight excluding hydrogens is 278 g/mol. The largest absolute Gasteiger partial charge is 0.544 e. The first-order chi connectivity index (χ1) is 9.28. The van der Waals surface area contributed by atoms with Crippen molar-refractivity contribution in [3.05, 3.63) is 0 Å². The highest BCUT2D eigenvalue weighted by atomic mass is 19.3. The SMILES string of the molecule is COC(=O)CCCC(=O)OC(C1CC1)C(F)(F)C(=O)[O-]. The number of ether oxygens (including phenoxy) is 2. The minimum absolute atomic E-state index is 0.0451. The fourth-order valence-electron chi connectivity index (χ4n) is 1.66. The number of carboxylic acid groups (broad SMARTS) is 1. The van der Waals surface area contributed by atoms with Crippen LogP contribution in [0, 0.1) is 5.92 Å². The molecule has 8 heteroatoms. The van der Waals surface area contributed by atoms with E-state index in [1.54, 1.807) is 0 Å². The fraction of sp³-hybridized carbons (Fsp3) is 0.750. The number of alkyl halides is 2. The van der Waals surface area contributed by atoms with Crippen LogP contribution < -0.4 is 5.11 Å². The second-order valence-electron chi connectivity index (χ2n) is 4.59. The van der Waals surface area contributed by atoms with E-state index in [-0.39, 0.29) is 19.3 Å². The maximum atomic E-state index is 13.4. The zero-order valence-electron chi connectivity index (χ0n) is 10.9. The first-order valence-corrected chi connectivity index (χ1v) is 6.14. The van der Waals surface area contributed by atoms with Gasteiger partial charge in [0, 0.05) is 18.8 Å². The zero-order chi connectivity index (χ0) is 15.3. The molecule has 1 rings (SSSR count). The summed E-state index contributed by atoms with van der Waals surface area (Å²) in [5, 5.41) is 10.4. The van der Waals surface area contributed by atoms with Crippen LogP contribution in [0.15, 0.2) is 0 Å². The molecule has 0 saturated heterocycles. The molecule has 0 aromatic heterocycles. The minimum atomic E-state index is -4.21. The van der Waals surface area contributed by atoms with Gasteiger partial charge in [-0.25, -0.2) is 0 Å². The summed E-state index contributed by atoms with van der Waals surface area (Å²) in [6.07, 6.45) is -1.47. The van der Waals surface area contributed by atoms with Gasteiger partial charge in [0.25, 0.3) is 0 Å². The van der Waals surface area contributed by atoms with E-state index in [0.717, 1.165) is 0 Å². The topological polar surface area (TPSA) is 92.7 Å². The van der Waals surface area contributed by atoms with Crippen LogP contribution in [0.25, 0.3) is 0 Å². The molecule has 0 aliphatic heterocycles. The fourth-order valence-corrected chi connectivity index (χ4v) is 1.66. The van der Waals surface area contributed by atoms with Crippen LogP contribution in [0.1, 0.15) is 32.1 Å². The predicted molar refractivity (Wildman–Crippen MR) is 58.4 cm³/mol. The molecule has 0 amide bonds. The molecule has 1 saturated carbocycles. The molecule has 1 fully saturated rings. The van der Waals surface area contributed by atoms with Crippen molar-refractivity contribution in [2.75, 3.05) is 7.11 Å². The van der Waals surface area contributed by atoms with Gasteiger partial charge in [0.15, 0.2) is 6.10 Å². The van der Waals surface area contributed by atoms with E-state index >= 15 is 0 Å². The molecule has 0 aromatic rings. The molecule has 20 heavy (non-hydrogen) atoms. The molecular formula is C12H15F2O6-. The number of carbonyl (C=O) groups excluding carboxylic acids is 3.